The van der Waals surface area contributed by atoms with Crippen LogP contribution in [0.15, 0.2) is 48.7 Å². The summed E-state index contributed by atoms with van der Waals surface area (Å²) in [5, 5.41) is 9.08. The highest BCUT2D eigenvalue weighted by atomic mass is 16.5. The molecule has 2 aromatic rings. The molecule has 0 saturated carbocycles. The van der Waals surface area contributed by atoms with Gasteiger partial charge < -0.3 is 9.84 Å². The molecule has 1 heterocycles. The number of rotatable bonds is 4. The number of para-hydroxylation sites is 1. The van der Waals surface area contributed by atoms with E-state index in [1.165, 1.54) is 12.3 Å². The Kier molecular flexibility index (Phi) is 3.93. The third-order valence-corrected chi connectivity index (χ3v) is 2.47. The zero-order chi connectivity index (χ0) is 13.7. The summed E-state index contributed by atoms with van der Waals surface area (Å²) in [5.74, 6) is -0.402. The second kappa shape index (κ2) is 5.82. The van der Waals surface area contributed by atoms with Gasteiger partial charge in [-0.2, -0.15) is 0 Å². The van der Waals surface area contributed by atoms with Crippen molar-refractivity contribution in [2.45, 2.75) is 6.92 Å². The first kappa shape index (κ1) is 12.8. The van der Waals surface area contributed by atoms with Crippen molar-refractivity contribution < 1.29 is 14.6 Å². The van der Waals surface area contributed by atoms with Crippen LogP contribution in [0.3, 0.4) is 0 Å². The summed E-state index contributed by atoms with van der Waals surface area (Å²) >= 11 is 0. The fourth-order valence-corrected chi connectivity index (χ4v) is 1.63. The number of allylic oxidation sites excluding steroid dienone is 1. The van der Waals surface area contributed by atoms with Crippen LogP contribution in [-0.2, 0) is 0 Å². The van der Waals surface area contributed by atoms with Crippen molar-refractivity contribution in [2.75, 3.05) is 0 Å². The first-order chi connectivity index (χ1) is 9.22. The van der Waals surface area contributed by atoms with Gasteiger partial charge in [-0.05, 0) is 25.1 Å². The van der Waals surface area contributed by atoms with Gasteiger partial charge in [0.1, 0.15) is 11.3 Å². The maximum atomic E-state index is 11.1. The van der Waals surface area contributed by atoms with Crippen molar-refractivity contribution in [3.8, 4) is 11.6 Å². The maximum Gasteiger partial charge on any atom is 0.341 e. The van der Waals surface area contributed by atoms with Crippen molar-refractivity contribution in [1.29, 1.82) is 0 Å². The molecule has 0 saturated heterocycles. The van der Waals surface area contributed by atoms with E-state index in [4.69, 9.17) is 9.84 Å². The second-order valence-corrected chi connectivity index (χ2v) is 3.80. The third-order valence-electron chi connectivity index (χ3n) is 2.47. The minimum Gasteiger partial charge on any atom is -0.477 e. The normalized spacial score (nSPS) is 10.6. The molecule has 4 nitrogen and oxygen atoms in total. The predicted octanol–water partition coefficient (Wildman–Crippen LogP) is 3.61. The van der Waals surface area contributed by atoms with Crippen molar-refractivity contribution in [3.63, 3.8) is 0 Å². The van der Waals surface area contributed by atoms with Crippen molar-refractivity contribution in [2.24, 2.45) is 0 Å². The standard InChI is InChI=1S/C15H13NO3/c1-2-6-11-7-3-4-9-13(11)19-14-12(15(17)18)8-5-10-16-14/h2-10H,1H3,(H,17,18)/b6-2+. The molecule has 0 amide bonds. The average molecular weight is 255 g/mol. The first-order valence-corrected chi connectivity index (χ1v) is 5.80. The zero-order valence-electron chi connectivity index (χ0n) is 10.4. The lowest BCUT2D eigenvalue weighted by atomic mass is 10.2. The second-order valence-electron chi connectivity index (χ2n) is 3.80. The SMILES string of the molecule is C/C=C/c1ccccc1Oc1ncccc1C(=O)O. The van der Waals surface area contributed by atoms with Gasteiger partial charge in [0, 0.05) is 11.8 Å². The molecule has 96 valence electrons. The van der Waals surface area contributed by atoms with Crippen LogP contribution >= 0.6 is 0 Å². The van der Waals surface area contributed by atoms with E-state index < -0.39 is 5.97 Å². The molecule has 2 rings (SSSR count). The lowest BCUT2D eigenvalue weighted by Gasteiger charge is -2.09. The first-order valence-electron chi connectivity index (χ1n) is 5.80. The minimum atomic E-state index is -1.06. The van der Waals surface area contributed by atoms with Gasteiger partial charge in [-0.3, -0.25) is 0 Å². The van der Waals surface area contributed by atoms with Gasteiger partial charge in [0.15, 0.2) is 0 Å². The average Bonchev–Trinajstić information content (AvgIpc) is 2.42. The molecule has 0 fully saturated rings. The van der Waals surface area contributed by atoms with Crippen LogP contribution in [0.1, 0.15) is 22.8 Å². The van der Waals surface area contributed by atoms with Crippen LogP contribution in [0.2, 0.25) is 0 Å². The Labute approximate surface area is 111 Å². The molecule has 0 aliphatic carbocycles. The summed E-state index contributed by atoms with van der Waals surface area (Å²) in [4.78, 5) is 15.1. The quantitative estimate of drug-likeness (QED) is 0.906. The van der Waals surface area contributed by atoms with E-state index in [-0.39, 0.29) is 11.4 Å². The predicted molar refractivity (Wildman–Crippen MR) is 72.4 cm³/mol. The Morgan fingerprint density at radius 2 is 2.05 bits per heavy atom. The maximum absolute atomic E-state index is 11.1. The highest BCUT2D eigenvalue weighted by molar-refractivity contribution is 5.90. The number of carbonyl (C=O) groups is 1. The molecule has 19 heavy (non-hydrogen) atoms. The summed E-state index contributed by atoms with van der Waals surface area (Å²) in [6, 6.07) is 10.4. The molecular formula is C15H13NO3. The van der Waals surface area contributed by atoms with E-state index in [1.807, 2.05) is 37.3 Å². The number of aromatic nitrogens is 1. The Balaban J connectivity index is 2.39. The van der Waals surface area contributed by atoms with Gasteiger partial charge in [0.25, 0.3) is 0 Å². The number of hydrogen-bond donors (Lipinski definition) is 1. The van der Waals surface area contributed by atoms with E-state index in [9.17, 15) is 4.79 Å². The molecule has 0 aliphatic heterocycles. The molecule has 0 radical (unpaired) electrons. The number of carboxylic acids is 1. The minimum absolute atomic E-state index is 0.0396. The number of ether oxygens (including phenoxy) is 1. The highest BCUT2D eigenvalue weighted by Gasteiger charge is 2.13. The third kappa shape index (κ3) is 2.98. The fourth-order valence-electron chi connectivity index (χ4n) is 1.63. The lowest BCUT2D eigenvalue weighted by molar-refractivity contribution is 0.0693. The Bertz CT molecular complexity index is 620. The van der Waals surface area contributed by atoms with E-state index in [2.05, 4.69) is 4.98 Å². The molecule has 0 atom stereocenters. The summed E-state index contributed by atoms with van der Waals surface area (Å²) in [6.45, 7) is 1.90. The monoisotopic (exact) mass is 255 g/mol. The van der Waals surface area contributed by atoms with Gasteiger partial charge in [0.2, 0.25) is 5.88 Å². The van der Waals surface area contributed by atoms with Crippen LogP contribution < -0.4 is 4.74 Å². The van der Waals surface area contributed by atoms with Crippen LogP contribution in [0.25, 0.3) is 6.08 Å². The number of aromatic carboxylic acids is 1. The van der Waals surface area contributed by atoms with E-state index in [0.29, 0.717) is 5.75 Å². The van der Waals surface area contributed by atoms with Crippen LogP contribution in [0.5, 0.6) is 11.6 Å². The fraction of sp³-hybridized carbons (Fsp3) is 0.0667. The van der Waals surface area contributed by atoms with Crippen molar-refractivity contribution in [1.82, 2.24) is 4.98 Å². The van der Waals surface area contributed by atoms with Gasteiger partial charge in [-0.15, -0.1) is 0 Å². The molecular weight excluding hydrogens is 242 g/mol. The number of pyridine rings is 1. The Hall–Kier alpha value is -2.62. The highest BCUT2D eigenvalue weighted by Crippen LogP contribution is 2.27. The van der Waals surface area contributed by atoms with Gasteiger partial charge in [-0.25, -0.2) is 9.78 Å². The van der Waals surface area contributed by atoms with E-state index >= 15 is 0 Å². The number of benzene rings is 1. The Morgan fingerprint density at radius 1 is 1.26 bits per heavy atom. The number of hydrogen-bond acceptors (Lipinski definition) is 3. The van der Waals surface area contributed by atoms with Crippen molar-refractivity contribution in [3.05, 3.63) is 59.8 Å². The van der Waals surface area contributed by atoms with Crippen LogP contribution in [-0.4, -0.2) is 16.1 Å². The van der Waals surface area contributed by atoms with E-state index in [0.717, 1.165) is 5.56 Å². The topological polar surface area (TPSA) is 59.4 Å². The summed E-state index contributed by atoms with van der Waals surface area (Å²) in [6.07, 6.45) is 5.28. The molecule has 0 bridgehead atoms. The summed E-state index contributed by atoms with van der Waals surface area (Å²) in [7, 11) is 0. The molecule has 4 heteroatoms. The largest absolute Gasteiger partial charge is 0.477 e. The van der Waals surface area contributed by atoms with Gasteiger partial charge >= 0.3 is 5.97 Å². The summed E-state index contributed by atoms with van der Waals surface area (Å²) < 4.78 is 5.61. The molecule has 1 aromatic carbocycles. The van der Waals surface area contributed by atoms with Crippen molar-refractivity contribution >= 4 is 12.0 Å². The van der Waals surface area contributed by atoms with Gasteiger partial charge in [0.05, 0.1) is 0 Å². The molecule has 1 N–H and O–H groups in total. The molecule has 0 aliphatic rings. The molecule has 0 spiro atoms. The molecule has 1 aromatic heterocycles. The van der Waals surface area contributed by atoms with Crippen LogP contribution in [0.4, 0.5) is 0 Å². The molecule has 0 unspecified atom stereocenters. The van der Waals surface area contributed by atoms with Crippen LogP contribution in [0, 0.1) is 0 Å². The lowest BCUT2D eigenvalue weighted by Crippen LogP contribution is -2.01. The number of nitrogens with zero attached hydrogens (tertiary/aromatic N) is 1. The zero-order valence-corrected chi connectivity index (χ0v) is 10.4. The Morgan fingerprint density at radius 3 is 2.79 bits per heavy atom. The van der Waals surface area contributed by atoms with Gasteiger partial charge in [-0.1, -0.05) is 30.4 Å². The number of carboxylic acid groups (broad SMARTS) is 1. The summed E-state index contributed by atoms with van der Waals surface area (Å²) in [5.41, 5.74) is 0.907. The van der Waals surface area contributed by atoms with E-state index in [1.54, 1.807) is 12.1 Å². The smallest absolute Gasteiger partial charge is 0.341 e.